The number of quaternary nitrogens is 1. The molecule has 2 nitrogen and oxygen atoms in total. The van der Waals surface area contributed by atoms with E-state index < -0.39 is 0 Å². The summed E-state index contributed by atoms with van der Waals surface area (Å²) in [7, 11) is 3.73. The van der Waals surface area contributed by atoms with E-state index in [4.69, 9.17) is 4.74 Å². The predicted molar refractivity (Wildman–Crippen MR) is 51.0 cm³/mol. The van der Waals surface area contributed by atoms with Gasteiger partial charge in [0.1, 0.15) is 13.1 Å². The van der Waals surface area contributed by atoms with Gasteiger partial charge < -0.3 is 9.22 Å². The molecule has 0 atom stereocenters. The van der Waals surface area contributed by atoms with Crippen LogP contribution in [0.4, 0.5) is 0 Å². The molecule has 0 saturated carbocycles. The second kappa shape index (κ2) is 4.23. The molecule has 0 aliphatic carbocycles. The Morgan fingerprint density at radius 1 is 1.36 bits per heavy atom. The van der Waals surface area contributed by atoms with Crippen molar-refractivity contribution in [2.45, 2.75) is 12.5 Å². The Morgan fingerprint density at radius 2 is 2.00 bits per heavy atom. The SMILES string of the molecule is C[N+]1(CCC[SiH3])CCOCC1. The zero-order valence-corrected chi connectivity index (χ0v) is 9.81. The molecule has 0 bridgehead atoms. The minimum atomic E-state index is 0.970. The number of likely N-dealkylation sites (N-methyl/N-ethyl adjacent to an activating group) is 1. The first-order valence-corrected chi connectivity index (χ1v) is 6.09. The summed E-state index contributed by atoms with van der Waals surface area (Å²) in [6.45, 7) is 5.76. The minimum absolute atomic E-state index is 0.970. The van der Waals surface area contributed by atoms with Crippen molar-refractivity contribution in [2.24, 2.45) is 0 Å². The molecule has 3 heteroatoms. The quantitative estimate of drug-likeness (QED) is 0.419. The van der Waals surface area contributed by atoms with Crippen molar-refractivity contribution in [1.82, 2.24) is 0 Å². The molecule has 1 heterocycles. The molecule has 0 aromatic rings. The normalized spacial score (nSPS) is 23.7. The van der Waals surface area contributed by atoms with E-state index in [2.05, 4.69) is 7.05 Å². The molecule has 66 valence electrons. The Bertz CT molecular complexity index is 113. The number of ether oxygens (including phenoxy) is 1. The molecule has 1 rings (SSSR count). The van der Waals surface area contributed by atoms with Gasteiger partial charge in [-0.05, 0) is 6.42 Å². The highest BCUT2D eigenvalue weighted by molar-refractivity contribution is 6.08. The van der Waals surface area contributed by atoms with Crippen LogP contribution in [0.5, 0.6) is 0 Å². The highest BCUT2D eigenvalue weighted by atomic mass is 28.1. The summed E-state index contributed by atoms with van der Waals surface area (Å²) in [5, 5.41) is 0. The summed E-state index contributed by atoms with van der Waals surface area (Å²) in [4.78, 5) is 0. The molecule has 11 heavy (non-hydrogen) atoms. The highest BCUT2D eigenvalue weighted by Crippen LogP contribution is 2.08. The molecule has 0 radical (unpaired) electrons. The van der Waals surface area contributed by atoms with E-state index in [0.717, 1.165) is 13.2 Å². The van der Waals surface area contributed by atoms with E-state index in [0.29, 0.717) is 0 Å². The van der Waals surface area contributed by atoms with Gasteiger partial charge in [-0.25, -0.2) is 0 Å². The molecule has 1 aliphatic heterocycles. The molecule has 1 aliphatic rings. The maximum atomic E-state index is 5.34. The number of rotatable bonds is 3. The van der Waals surface area contributed by atoms with E-state index in [1.54, 1.807) is 0 Å². The highest BCUT2D eigenvalue weighted by Gasteiger charge is 2.23. The maximum absolute atomic E-state index is 5.34. The number of morpholine rings is 1. The largest absolute Gasteiger partial charge is 0.370 e. The lowest BCUT2D eigenvalue weighted by atomic mass is 10.3. The molecule has 0 unspecified atom stereocenters. The third-order valence-electron chi connectivity index (χ3n) is 2.60. The van der Waals surface area contributed by atoms with Crippen LogP contribution in [0, 0.1) is 0 Å². The standard InChI is InChI=1S/C8H20NOSi/c1-9(3-2-8-11)4-6-10-7-5-9/h2-8H2,1,11H3/q+1. The van der Waals surface area contributed by atoms with Gasteiger partial charge in [0.2, 0.25) is 0 Å². The topological polar surface area (TPSA) is 9.23 Å². The summed E-state index contributed by atoms with van der Waals surface area (Å²) < 4.78 is 6.59. The molecule has 0 aromatic carbocycles. The van der Waals surface area contributed by atoms with Gasteiger partial charge >= 0.3 is 0 Å². The number of hydrogen-bond acceptors (Lipinski definition) is 1. The van der Waals surface area contributed by atoms with Crippen LogP contribution in [0.25, 0.3) is 0 Å². The van der Waals surface area contributed by atoms with Crippen LogP contribution < -0.4 is 0 Å². The molecule has 1 fully saturated rings. The third kappa shape index (κ3) is 2.93. The van der Waals surface area contributed by atoms with Crippen molar-refractivity contribution >= 4 is 10.2 Å². The van der Waals surface area contributed by atoms with Gasteiger partial charge in [0.15, 0.2) is 0 Å². The van der Waals surface area contributed by atoms with Gasteiger partial charge in [0.25, 0.3) is 0 Å². The lowest BCUT2D eigenvalue weighted by Gasteiger charge is -2.37. The van der Waals surface area contributed by atoms with Gasteiger partial charge in [-0.1, -0.05) is 6.04 Å². The fourth-order valence-electron chi connectivity index (χ4n) is 1.55. The maximum Gasteiger partial charge on any atom is 0.102 e. The first-order valence-electron chi connectivity index (χ1n) is 4.68. The van der Waals surface area contributed by atoms with Crippen molar-refractivity contribution in [3.05, 3.63) is 0 Å². The Kier molecular flexibility index (Phi) is 3.55. The van der Waals surface area contributed by atoms with Crippen LogP contribution in [-0.4, -0.2) is 54.6 Å². The molecular weight excluding hydrogens is 154 g/mol. The molecule has 0 spiro atoms. The number of hydrogen-bond donors (Lipinski definition) is 0. The van der Waals surface area contributed by atoms with E-state index in [-0.39, 0.29) is 0 Å². The van der Waals surface area contributed by atoms with E-state index in [1.165, 1.54) is 46.8 Å². The summed E-state index contributed by atoms with van der Waals surface area (Å²) in [6, 6.07) is 1.45. The van der Waals surface area contributed by atoms with Crippen LogP contribution in [-0.2, 0) is 4.74 Å². The molecule has 1 saturated heterocycles. The first kappa shape index (κ1) is 9.23. The first-order chi connectivity index (χ1) is 5.27. The second-order valence-corrected chi connectivity index (χ2v) is 4.76. The Labute approximate surface area is 72.5 Å². The lowest BCUT2D eigenvalue weighted by Crippen LogP contribution is -2.52. The van der Waals surface area contributed by atoms with Crippen LogP contribution in [0.1, 0.15) is 6.42 Å². The Hall–Kier alpha value is 0.137. The Morgan fingerprint density at radius 3 is 2.55 bits per heavy atom. The fraction of sp³-hybridized carbons (Fsp3) is 1.00. The van der Waals surface area contributed by atoms with E-state index in [9.17, 15) is 0 Å². The van der Waals surface area contributed by atoms with Crippen LogP contribution in [0.2, 0.25) is 6.04 Å². The van der Waals surface area contributed by atoms with Gasteiger partial charge in [-0.3, -0.25) is 0 Å². The lowest BCUT2D eigenvalue weighted by molar-refractivity contribution is -0.916. The monoisotopic (exact) mass is 174 g/mol. The third-order valence-corrected chi connectivity index (χ3v) is 3.31. The predicted octanol–water partition coefficient (Wildman–Crippen LogP) is -0.363. The smallest absolute Gasteiger partial charge is 0.102 e. The van der Waals surface area contributed by atoms with Gasteiger partial charge in [0, 0.05) is 10.2 Å². The van der Waals surface area contributed by atoms with Crippen molar-refractivity contribution in [1.29, 1.82) is 0 Å². The van der Waals surface area contributed by atoms with Gasteiger partial charge in [0.05, 0.1) is 26.8 Å². The minimum Gasteiger partial charge on any atom is -0.370 e. The van der Waals surface area contributed by atoms with Crippen molar-refractivity contribution in [3.63, 3.8) is 0 Å². The zero-order valence-electron chi connectivity index (χ0n) is 7.81. The van der Waals surface area contributed by atoms with Crippen molar-refractivity contribution in [3.8, 4) is 0 Å². The summed E-state index contributed by atoms with van der Waals surface area (Å²) >= 11 is 0. The summed E-state index contributed by atoms with van der Waals surface area (Å²) in [6.07, 6.45) is 1.42. The van der Waals surface area contributed by atoms with Crippen LogP contribution in [0.15, 0.2) is 0 Å². The van der Waals surface area contributed by atoms with Gasteiger partial charge in [-0.15, -0.1) is 0 Å². The molecule has 0 amide bonds. The van der Waals surface area contributed by atoms with Crippen LogP contribution in [0.3, 0.4) is 0 Å². The number of nitrogens with zero attached hydrogens (tertiary/aromatic N) is 1. The van der Waals surface area contributed by atoms with Crippen molar-refractivity contribution in [2.75, 3.05) is 39.9 Å². The van der Waals surface area contributed by atoms with E-state index >= 15 is 0 Å². The molecule has 0 aromatic heterocycles. The van der Waals surface area contributed by atoms with E-state index in [1.807, 2.05) is 0 Å². The second-order valence-electron chi connectivity index (χ2n) is 3.76. The molecular formula is C8H20NOSi+. The van der Waals surface area contributed by atoms with Crippen molar-refractivity contribution < 1.29 is 9.22 Å². The average molecular weight is 174 g/mol. The van der Waals surface area contributed by atoms with Gasteiger partial charge in [-0.2, -0.15) is 0 Å². The van der Waals surface area contributed by atoms with Crippen LogP contribution >= 0.6 is 0 Å². The summed E-state index contributed by atoms with van der Waals surface area (Å²) in [5.74, 6) is 0. The average Bonchev–Trinajstić information content (AvgIpc) is 2.03. The molecule has 0 N–H and O–H groups in total. The Balaban J connectivity index is 2.25. The fourth-order valence-corrected chi connectivity index (χ4v) is 1.86. The zero-order chi connectivity index (χ0) is 8.16. The summed E-state index contributed by atoms with van der Waals surface area (Å²) in [5.41, 5.74) is 0.